The van der Waals surface area contributed by atoms with Gasteiger partial charge < -0.3 is 4.90 Å². The van der Waals surface area contributed by atoms with Crippen molar-refractivity contribution in [1.82, 2.24) is 19.7 Å². The number of aromatic nitrogens is 3. The fourth-order valence-electron chi connectivity index (χ4n) is 1.84. The molecule has 8 heteroatoms. The summed E-state index contributed by atoms with van der Waals surface area (Å²) in [5, 5.41) is 7.23. The summed E-state index contributed by atoms with van der Waals surface area (Å²) in [6.45, 7) is 3.56. The SMILES string of the molecule is Cc1cc(C(=O)Nc2nc(C)c(C(=O)N(C)C)s2)n(C)n1. The molecule has 0 atom stereocenters. The quantitative estimate of drug-likeness (QED) is 0.930. The molecule has 2 aromatic heterocycles. The molecule has 112 valence electrons. The molecule has 2 aromatic rings. The molecular formula is C13H17N5O2S. The van der Waals surface area contributed by atoms with Gasteiger partial charge in [0.05, 0.1) is 11.4 Å². The van der Waals surface area contributed by atoms with Crippen molar-refractivity contribution in [2.75, 3.05) is 19.4 Å². The smallest absolute Gasteiger partial charge is 0.275 e. The third kappa shape index (κ3) is 3.10. The second-order valence-corrected chi connectivity index (χ2v) is 5.88. The number of nitrogens with zero attached hydrogens (tertiary/aromatic N) is 4. The molecule has 0 saturated carbocycles. The Labute approximate surface area is 126 Å². The largest absolute Gasteiger partial charge is 0.344 e. The van der Waals surface area contributed by atoms with Gasteiger partial charge in [-0.1, -0.05) is 11.3 Å². The van der Waals surface area contributed by atoms with Gasteiger partial charge in [-0.2, -0.15) is 5.10 Å². The Morgan fingerprint density at radius 3 is 2.52 bits per heavy atom. The first kappa shape index (κ1) is 15.2. The van der Waals surface area contributed by atoms with E-state index in [0.29, 0.717) is 21.4 Å². The number of rotatable bonds is 3. The summed E-state index contributed by atoms with van der Waals surface area (Å²) in [7, 11) is 5.06. The molecule has 21 heavy (non-hydrogen) atoms. The molecule has 0 aliphatic carbocycles. The third-order valence-electron chi connectivity index (χ3n) is 2.85. The number of thiazole rings is 1. The van der Waals surface area contributed by atoms with E-state index in [9.17, 15) is 9.59 Å². The molecule has 7 nitrogen and oxygen atoms in total. The van der Waals surface area contributed by atoms with Crippen LogP contribution in [-0.2, 0) is 7.05 Å². The van der Waals surface area contributed by atoms with Crippen molar-refractivity contribution in [3.05, 3.63) is 28.0 Å². The number of carbonyl (C=O) groups excluding carboxylic acids is 2. The van der Waals surface area contributed by atoms with Crippen LogP contribution in [0.3, 0.4) is 0 Å². The standard InChI is InChI=1S/C13H17N5O2S/c1-7-6-9(18(5)16-7)11(19)15-13-14-8(2)10(21-13)12(20)17(3)4/h6H,1-5H3,(H,14,15,19). The van der Waals surface area contributed by atoms with Crippen LogP contribution in [0, 0.1) is 13.8 Å². The molecule has 0 bridgehead atoms. The van der Waals surface area contributed by atoms with E-state index < -0.39 is 0 Å². The summed E-state index contributed by atoms with van der Waals surface area (Å²) in [4.78, 5) is 30.4. The highest BCUT2D eigenvalue weighted by Gasteiger charge is 2.19. The number of hydrogen-bond donors (Lipinski definition) is 1. The van der Waals surface area contributed by atoms with Crippen molar-refractivity contribution in [2.24, 2.45) is 7.05 Å². The van der Waals surface area contributed by atoms with Crippen LogP contribution < -0.4 is 5.32 Å². The zero-order valence-electron chi connectivity index (χ0n) is 12.6. The van der Waals surface area contributed by atoms with Gasteiger partial charge in [-0.05, 0) is 19.9 Å². The minimum absolute atomic E-state index is 0.123. The molecule has 0 aliphatic heterocycles. The highest BCUT2D eigenvalue weighted by molar-refractivity contribution is 7.17. The minimum Gasteiger partial charge on any atom is -0.344 e. The van der Waals surface area contributed by atoms with E-state index in [4.69, 9.17) is 0 Å². The van der Waals surface area contributed by atoms with E-state index in [1.54, 1.807) is 34.1 Å². The lowest BCUT2D eigenvalue weighted by molar-refractivity contribution is 0.0831. The Bertz CT molecular complexity index is 701. The van der Waals surface area contributed by atoms with Gasteiger partial charge >= 0.3 is 0 Å². The number of anilines is 1. The Hall–Kier alpha value is -2.22. The average molecular weight is 307 g/mol. The zero-order valence-corrected chi connectivity index (χ0v) is 13.4. The number of hydrogen-bond acceptors (Lipinski definition) is 5. The van der Waals surface area contributed by atoms with Crippen LogP contribution in [0.5, 0.6) is 0 Å². The Morgan fingerprint density at radius 2 is 2.00 bits per heavy atom. The number of amides is 2. The van der Waals surface area contributed by atoms with Gasteiger partial charge in [0.2, 0.25) is 0 Å². The molecule has 0 aromatic carbocycles. The number of nitrogens with one attached hydrogen (secondary N) is 1. The van der Waals surface area contributed by atoms with Crippen molar-refractivity contribution < 1.29 is 9.59 Å². The lowest BCUT2D eigenvalue weighted by atomic mass is 10.3. The predicted octanol–water partition coefficient (Wildman–Crippen LogP) is 1.45. The van der Waals surface area contributed by atoms with Crippen molar-refractivity contribution in [3.63, 3.8) is 0 Å². The molecule has 2 amide bonds. The maximum Gasteiger partial charge on any atom is 0.275 e. The Morgan fingerprint density at radius 1 is 1.33 bits per heavy atom. The second kappa shape index (κ2) is 5.65. The molecule has 0 radical (unpaired) electrons. The van der Waals surface area contributed by atoms with Crippen LogP contribution in [0.4, 0.5) is 5.13 Å². The van der Waals surface area contributed by atoms with Gasteiger partial charge in [-0.15, -0.1) is 0 Å². The number of carbonyl (C=O) groups is 2. The molecule has 0 spiro atoms. The highest BCUT2D eigenvalue weighted by atomic mass is 32.1. The van der Waals surface area contributed by atoms with Crippen LogP contribution in [-0.4, -0.2) is 45.6 Å². The summed E-state index contributed by atoms with van der Waals surface area (Å²) < 4.78 is 1.51. The van der Waals surface area contributed by atoms with Gasteiger partial charge in [0.25, 0.3) is 11.8 Å². The molecular weight excluding hydrogens is 290 g/mol. The molecule has 2 heterocycles. The van der Waals surface area contributed by atoms with Gasteiger partial charge in [0, 0.05) is 21.1 Å². The summed E-state index contributed by atoms with van der Waals surface area (Å²) in [5.74, 6) is -0.419. The highest BCUT2D eigenvalue weighted by Crippen LogP contribution is 2.24. The summed E-state index contributed by atoms with van der Waals surface area (Å²) in [6, 6.07) is 1.70. The van der Waals surface area contributed by atoms with Crippen molar-refractivity contribution >= 4 is 28.3 Å². The van der Waals surface area contributed by atoms with E-state index >= 15 is 0 Å². The van der Waals surface area contributed by atoms with Crippen molar-refractivity contribution in [3.8, 4) is 0 Å². The van der Waals surface area contributed by atoms with E-state index in [2.05, 4.69) is 15.4 Å². The first-order valence-electron chi connectivity index (χ1n) is 6.30. The second-order valence-electron chi connectivity index (χ2n) is 4.88. The molecule has 2 rings (SSSR count). The maximum absolute atomic E-state index is 12.2. The van der Waals surface area contributed by atoms with Crippen LogP contribution >= 0.6 is 11.3 Å². The molecule has 0 saturated heterocycles. The van der Waals surface area contributed by atoms with Crippen LogP contribution in [0.15, 0.2) is 6.07 Å². The van der Waals surface area contributed by atoms with Gasteiger partial charge in [-0.3, -0.25) is 19.6 Å². The molecule has 1 N–H and O–H groups in total. The minimum atomic E-state index is -0.296. The maximum atomic E-state index is 12.2. The van der Waals surface area contributed by atoms with Crippen molar-refractivity contribution in [2.45, 2.75) is 13.8 Å². The summed E-state index contributed by atoms with van der Waals surface area (Å²) >= 11 is 1.17. The van der Waals surface area contributed by atoms with Gasteiger partial charge in [0.15, 0.2) is 5.13 Å². The lowest BCUT2D eigenvalue weighted by Gasteiger charge is -2.07. The van der Waals surface area contributed by atoms with Gasteiger partial charge in [-0.25, -0.2) is 4.98 Å². The summed E-state index contributed by atoms with van der Waals surface area (Å²) in [6.07, 6.45) is 0. The van der Waals surface area contributed by atoms with E-state index in [1.165, 1.54) is 20.9 Å². The van der Waals surface area contributed by atoms with E-state index in [0.717, 1.165) is 5.69 Å². The normalized spacial score (nSPS) is 10.5. The van der Waals surface area contributed by atoms with Crippen LogP contribution in [0.25, 0.3) is 0 Å². The molecule has 0 aliphatic rings. The van der Waals surface area contributed by atoms with Crippen LogP contribution in [0.2, 0.25) is 0 Å². The first-order chi connectivity index (χ1) is 9.79. The van der Waals surface area contributed by atoms with Crippen LogP contribution in [0.1, 0.15) is 31.5 Å². The fraction of sp³-hybridized carbons (Fsp3) is 0.385. The lowest BCUT2D eigenvalue weighted by Crippen LogP contribution is -2.21. The topological polar surface area (TPSA) is 80.1 Å². The molecule has 0 fully saturated rings. The zero-order chi connectivity index (χ0) is 15.7. The average Bonchev–Trinajstić information content (AvgIpc) is 2.91. The third-order valence-corrected chi connectivity index (χ3v) is 3.91. The predicted molar refractivity (Wildman–Crippen MR) is 80.8 cm³/mol. The monoisotopic (exact) mass is 307 g/mol. The Kier molecular flexibility index (Phi) is 4.08. The van der Waals surface area contributed by atoms with Gasteiger partial charge in [0.1, 0.15) is 10.6 Å². The number of aryl methyl sites for hydroxylation is 3. The van der Waals surface area contributed by atoms with E-state index in [-0.39, 0.29) is 11.8 Å². The van der Waals surface area contributed by atoms with E-state index in [1.807, 2.05) is 6.92 Å². The fourth-order valence-corrected chi connectivity index (χ4v) is 2.82. The Balaban J connectivity index is 2.21. The van der Waals surface area contributed by atoms with Crippen molar-refractivity contribution in [1.29, 1.82) is 0 Å². The first-order valence-corrected chi connectivity index (χ1v) is 7.12. The molecule has 0 unspecified atom stereocenters. The summed E-state index contributed by atoms with van der Waals surface area (Å²) in [5.41, 5.74) is 1.82.